The predicted octanol–water partition coefficient (Wildman–Crippen LogP) is 2.58. The van der Waals surface area contributed by atoms with Crippen molar-refractivity contribution in [2.24, 2.45) is 0 Å². The van der Waals surface area contributed by atoms with Crippen LogP contribution in [0.1, 0.15) is 22.2 Å². The monoisotopic (exact) mass is 284 g/mol. The Hall–Kier alpha value is -0.520. The van der Waals surface area contributed by atoms with Crippen LogP contribution in [0.25, 0.3) is 0 Å². The van der Waals surface area contributed by atoms with Crippen LogP contribution >= 0.6 is 23.1 Å². The van der Waals surface area contributed by atoms with Gasteiger partial charge in [-0.05, 0) is 51.0 Å². The lowest BCUT2D eigenvalue weighted by Crippen LogP contribution is -2.31. The molecule has 0 N–H and O–H groups in total. The molecule has 0 radical (unpaired) electrons. The lowest BCUT2D eigenvalue weighted by Gasteiger charge is -2.24. The highest BCUT2D eigenvalue weighted by molar-refractivity contribution is 8.00. The molecule has 1 aromatic heterocycles. The van der Waals surface area contributed by atoms with Crippen LogP contribution in [0, 0.1) is 6.92 Å². The van der Waals surface area contributed by atoms with Gasteiger partial charge in [-0.2, -0.15) is 0 Å². The number of aryl methyl sites for hydroxylation is 1. The quantitative estimate of drug-likeness (QED) is 0.830. The molecule has 0 aliphatic carbocycles. The number of rotatable bonds is 5. The summed E-state index contributed by atoms with van der Waals surface area (Å²) in [5.74, 6) is 0.917. The van der Waals surface area contributed by atoms with Gasteiger partial charge < -0.3 is 9.80 Å². The SMILES string of the molecule is Cc1ccsc1C1SCC(=O)N1CCCN(C)C. The third-order valence-electron chi connectivity index (χ3n) is 3.10. The molecular weight excluding hydrogens is 264 g/mol. The molecule has 1 fully saturated rings. The van der Waals surface area contributed by atoms with Crippen LogP contribution in [0.4, 0.5) is 0 Å². The zero-order valence-electron chi connectivity index (χ0n) is 11.2. The number of thiophene rings is 1. The third-order valence-corrected chi connectivity index (χ3v) is 5.54. The van der Waals surface area contributed by atoms with E-state index in [-0.39, 0.29) is 11.3 Å². The molecule has 1 unspecified atom stereocenters. The number of amides is 1. The topological polar surface area (TPSA) is 23.6 Å². The summed E-state index contributed by atoms with van der Waals surface area (Å²) in [6, 6.07) is 2.14. The molecule has 0 aromatic carbocycles. The van der Waals surface area contributed by atoms with E-state index in [2.05, 4.69) is 37.4 Å². The van der Waals surface area contributed by atoms with E-state index in [0.717, 1.165) is 19.5 Å². The van der Waals surface area contributed by atoms with E-state index in [4.69, 9.17) is 0 Å². The molecule has 1 amide bonds. The number of hydrogen-bond acceptors (Lipinski definition) is 4. The fourth-order valence-electron chi connectivity index (χ4n) is 2.11. The molecule has 1 aliphatic heterocycles. The highest BCUT2D eigenvalue weighted by Crippen LogP contribution is 2.42. The van der Waals surface area contributed by atoms with Crippen LogP contribution < -0.4 is 0 Å². The lowest BCUT2D eigenvalue weighted by molar-refractivity contribution is -0.128. The number of thioether (sulfide) groups is 1. The van der Waals surface area contributed by atoms with Crippen molar-refractivity contribution in [3.63, 3.8) is 0 Å². The molecule has 1 saturated heterocycles. The summed E-state index contributed by atoms with van der Waals surface area (Å²) in [6.45, 7) is 4.03. The van der Waals surface area contributed by atoms with Crippen molar-refractivity contribution in [2.75, 3.05) is 32.9 Å². The van der Waals surface area contributed by atoms with E-state index in [0.29, 0.717) is 5.75 Å². The summed E-state index contributed by atoms with van der Waals surface area (Å²) in [5, 5.41) is 2.37. The first kappa shape index (κ1) is 13.9. The van der Waals surface area contributed by atoms with Gasteiger partial charge in [0.15, 0.2) is 0 Å². The van der Waals surface area contributed by atoms with Crippen molar-refractivity contribution in [3.05, 3.63) is 21.9 Å². The van der Waals surface area contributed by atoms with Gasteiger partial charge in [0.05, 0.1) is 5.75 Å². The van der Waals surface area contributed by atoms with Gasteiger partial charge in [0.1, 0.15) is 5.37 Å². The summed E-state index contributed by atoms with van der Waals surface area (Å²) in [5.41, 5.74) is 1.31. The van der Waals surface area contributed by atoms with Gasteiger partial charge in [-0.25, -0.2) is 0 Å². The van der Waals surface area contributed by atoms with Gasteiger partial charge in [0.25, 0.3) is 0 Å². The van der Waals surface area contributed by atoms with Gasteiger partial charge in [0, 0.05) is 11.4 Å². The van der Waals surface area contributed by atoms with Crippen LogP contribution in [-0.4, -0.2) is 48.6 Å². The minimum Gasteiger partial charge on any atom is -0.325 e. The van der Waals surface area contributed by atoms with Crippen molar-refractivity contribution in [1.82, 2.24) is 9.80 Å². The van der Waals surface area contributed by atoms with Crippen LogP contribution in [0.15, 0.2) is 11.4 Å². The van der Waals surface area contributed by atoms with Gasteiger partial charge >= 0.3 is 0 Å². The Morgan fingerprint density at radius 3 is 2.89 bits per heavy atom. The minimum atomic E-state index is 0.250. The van der Waals surface area contributed by atoms with Gasteiger partial charge in [-0.15, -0.1) is 23.1 Å². The van der Waals surface area contributed by atoms with E-state index in [1.807, 2.05) is 4.90 Å². The predicted molar refractivity (Wildman–Crippen MR) is 79.1 cm³/mol. The fraction of sp³-hybridized carbons (Fsp3) is 0.615. The molecule has 0 spiro atoms. The van der Waals surface area contributed by atoms with Gasteiger partial charge in [0.2, 0.25) is 5.91 Å². The molecular formula is C13H20N2OS2. The summed E-state index contributed by atoms with van der Waals surface area (Å²) in [4.78, 5) is 17.5. The molecule has 0 saturated carbocycles. The van der Waals surface area contributed by atoms with Crippen LogP contribution in [0.2, 0.25) is 0 Å². The fourth-order valence-corrected chi connectivity index (χ4v) is 4.60. The Bertz CT molecular complexity index is 417. The lowest BCUT2D eigenvalue weighted by atomic mass is 10.2. The average molecular weight is 284 g/mol. The van der Waals surface area contributed by atoms with Crippen molar-refractivity contribution in [1.29, 1.82) is 0 Å². The first-order valence-electron chi connectivity index (χ1n) is 6.19. The zero-order chi connectivity index (χ0) is 13.1. The Balaban J connectivity index is 2.02. The molecule has 1 atom stereocenters. The molecule has 5 heteroatoms. The summed E-state index contributed by atoms with van der Waals surface area (Å²) in [7, 11) is 4.14. The number of nitrogens with zero attached hydrogens (tertiary/aromatic N) is 2. The van der Waals surface area contributed by atoms with Gasteiger partial charge in [-0.3, -0.25) is 4.79 Å². The molecule has 0 bridgehead atoms. The van der Waals surface area contributed by atoms with E-state index in [1.165, 1.54) is 10.4 Å². The Morgan fingerprint density at radius 1 is 1.50 bits per heavy atom. The smallest absolute Gasteiger partial charge is 0.233 e. The van der Waals surface area contributed by atoms with Crippen LogP contribution in [0.3, 0.4) is 0 Å². The Labute approximate surface area is 117 Å². The maximum absolute atomic E-state index is 12.0. The van der Waals surface area contributed by atoms with Crippen LogP contribution in [-0.2, 0) is 4.79 Å². The third kappa shape index (κ3) is 3.08. The van der Waals surface area contributed by atoms with Crippen molar-refractivity contribution in [3.8, 4) is 0 Å². The summed E-state index contributed by atoms with van der Waals surface area (Å²) >= 11 is 3.53. The number of hydrogen-bond donors (Lipinski definition) is 0. The van der Waals surface area contributed by atoms with Crippen molar-refractivity contribution >= 4 is 29.0 Å². The average Bonchev–Trinajstić information content (AvgIpc) is 2.86. The van der Waals surface area contributed by atoms with Gasteiger partial charge in [-0.1, -0.05) is 0 Å². The molecule has 2 heterocycles. The van der Waals surface area contributed by atoms with Crippen molar-refractivity contribution < 1.29 is 4.79 Å². The summed E-state index contributed by atoms with van der Waals surface area (Å²) < 4.78 is 0. The standard InChI is InChI=1S/C13H20N2OS2/c1-10-5-8-17-12(10)13-15(11(16)9-18-13)7-4-6-14(2)3/h5,8,13H,4,6-7,9H2,1-3H3. The van der Waals surface area contributed by atoms with E-state index in [9.17, 15) is 4.79 Å². The minimum absolute atomic E-state index is 0.250. The Kier molecular flexibility index (Phi) is 4.70. The van der Waals surface area contributed by atoms with Crippen LogP contribution in [0.5, 0.6) is 0 Å². The highest BCUT2D eigenvalue weighted by Gasteiger charge is 2.33. The Morgan fingerprint density at radius 2 is 2.28 bits per heavy atom. The second-order valence-electron chi connectivity index (χ2n) is 4.88. The van der Waals surface area contributed by atoms with E-state index < -0.39 is 0 Å². The van der Waals surface area contributed by atoms with Crippen molar-refractivity contribution in [2.45, 2.75) is 18.7 Å². The maximum Gasteiger partial charge on any atom is 0.233 e. The molecule has 1 aromatic rings. The normalized spacial score (nSPS) is 20.1. The molecule has 18 heavy (non-hydrogen) atoms. The second-order valence-corrected chi connectivity index (χ2v) is 6.89. The number of carbonyl (C=O) groups is 1. The summed E-state index contributed by atoms with van der Waals surface area (Å²) in [6.07, 6.45) is 1.04. The molecule has 3 nitrogen and oxygen atoms in total. The first-order valence-corrected chi connectivity index (χ1v) is 8.12. The molecule has 1 aliphatic rings. The van der Waals surface area contributed by atoms with E-state index in [1.54, 1.807) is 23.1 Å². The number of carbonyl (C=O) groups excluding carboxylic acids is 1. The van der Waals surface area contributed by atoms with E-state index >= 15 is 0 Å². The second kappa shape index (κ2) is 6.08. The molecule has 100 valence electrons. The molecule has 2 rings (SSSR count). The zero-order valence-corrected chi connectivity index (χ0v) is 12.8. The highest BCUT2D eigenvalue weighted by atomic mass is 32.2. The largest absolute Gasteiger partial charge is 0.325 e. The first-order chi connectivity index (χ1) is 8.59. The maximum atomic E-state index is 12.0.